The van der Waals surface area contributed by atoms with Crippen molar-refractivity contribution in [2.75, 3.05) is 13.1 Å². The Hall–Kier alpha value is -2.88. The molecule has 2 heterocycles. The predicted molar refractivity (Wildman–Crippen MR) is 101 cm³/mol. The molecule has 2 aromatic rings. The van der Waals surface area contributed by atoms with Crippen molar-refractivity contribution in [1.82, 2.24) is 9.80 Å². The van der Waals surface area contributed by atoms with Gasteiger partial charge in [0.15, 0.2) is 0 Å². The molecule has 2 aliphatic rings. The van der Waals surface area contributed by atoms with Gasteiger partial charge in [-0.2, -0.15) is 0 Å². The van der Waals surface area contributed by atoms with Crippen LogP contribution in [0.4, 0.5) is 0 Å². The van der Waals surface area contributed by atoms with Crippen molar-refractivity contribution in [3.8, 4) is 0 Å². The van der Waals surface area contributed by atoms with E-state index in [1.807, 2.05) is 44.2 Å². The van der Waals surface area contributed by atoms with Gasteiger partial charge in [0.05, 0.1) is 5.57 Å². The van der Waals surface area contributed by atoms with E-state index in [0.717, 1.165) is 24.1 Å². The van der Waals surface area contributed by atoms with Crippen LogP contribution in [0.2, 0.25) is 0 Å². The van der Waals surface area contributed by atoms with Crippen LogP contribution in [0.25, 0.3) is 5.57 Å². The first kappa shape index (κ1) is 16.6. The second-order valence-electron chi connectivity index (χ2n) is 6.88. The van der Waals surface area contributed by atoms with Crippen LogP contribution in [0.3, 0.4) is 0 Å². The normalized spacial score (nSPS) is 17.2. The van der Waals surface area contributed by atoms with Gasteiger partial charge in [0.25, 0.3) is 11.8 Å². The van der Waals surface area contributed by atoms with Gasteiger partial charge in [0, 0.05) is 19.6 Å². The lowest BCUT2D eigenvalue weighted by Gasteiger charge is -2.31. The molecule has 4 nitrogen and oxygen atoms in total. The molecule has 132 valence electrons. The summed E-state index contributed by atoms with van der Waals surface area (Å²) >= 11 is 0. The van der Waals surface area contributed by atoms with Gasteiger partial charge in [-0.1, -0.05) is 54.1 Å². The number of hydrogen-bond acceptors (Lipinski definition) is 3. The van der Waals surface area contributed by atoms with E-state index in [2.05, 4.69) is 23.1 Å². The summed E-state index contributed by atoms with van der Waals surface area (Å²) in [5.41, 5.74) is 5.59. The SMILES string of the molecule is CCN1C(=O)C(c2ccc(C)cc2)=C(N2CCc3ccccc3C2)C1=O. The molecule has 0 bridgehead atoms. The van der Waals surface area contributed by atoms with Crippen molar-refractivity contribution in [1.29, 1.82) is 0 Å². The first-order valence-corrected chi connectivity index (χ1v) is 9.09. The maximum atomic E-state index is 13.0. The Morgan fingerprint density at radius 2 is 1.62 bits per heavy atom. The largest absolute Gasteiger partial charge is 0.362 e. The van der Waals surface area contributed by atoms with Gasteiger partial charge in [0.1, 0.15) is 5.70 Å². The number of benzene rings is 2. The molecule has 26 heavy (non-hydrogen) atoms. The third-order valence-electron chi connectivity index (χ3n) is 5.25. The van der Waals surface area contributed by atoms with Crippen LogP contribution >= 0.6 is 0 Å². The summed E-state index contributed by atoms with van der Waals surface area (Å²) in [6.45, 7) is 5.66. The van der Waals surface area contributed by atoms with E-state index in [1.165, 1.54) is 16.0 Å². The fraction of sp³-hybridized carbons (Fsp3) is 0.273. The average molecular weight is 346 g/mol. The number of aryl methyl sites for hydroxylation is 1. The molecule has 2 aromatic carbocycles. The monoisotopic (exact) mass is 346 g/mol. The molecule has 0 fully saturated rings. The number of hydrogen-bond donors (Lipinski definition) is 0. The predicted octanol–water partition coefficient (Wildman–Crippen LogP) is 3.15. The van der Waals surface area contributed by atoms with Crippen LogP contribution < -0.4 is 0 Å². The van der Waals surface area contributed by atoms with Crippen LogP contribution in [0.1, 0.15) is 29.2 Å². The number of carbonyl (C=O) groups excluding carboxylic acids is 2. The highest BCUT2D eigenvalue weighted by molar-refractivity contribution is 6.35. The molecule has 0 atom stereocenters. The summed E-state index contributed by atoms with van der Waals surface area (Å²) in [5.74, 6) is -0.359. The average Bonchev–Trinajstić information content (AvgIpc) is 2.92. The van der Waals surface area contributed by atoms with E-state index < -0.39 is 0 Å². The lowest BCUT2D eigenvalue weighted by molar-refractivity contribution is -0.137. The fourth-order valence-electron chi connectivity index (χ4n) is 3.81. The second kappa shape index (κ2) is 6.45. The van der Waals surface area contributed by atoms with E-state index in [1.54, 1.807) is 0 Å². The maximum Gasteiger partial charge on any atom is 0.277 e. The molecule has 0 N–H and O–H groups in total. The Bertz CT molecular complexity index is 912. The van der Waals surface area contributed by atoms with Crippen LogP contribution in [-0.2, 0) is 22.6 Å². The van der Waals surface area contributed by atoms with Crippen molar-refractivity contribution in [2.45, 2.75) is 26.8 Å². The molecule has 0 saturated heterocycles. The second-order valence-corrected chi connectivity index (χ2v) is 6.88. The maximum absolute atomic E-state index is 13.0. The quantitative estimate of drug-likeness (QED) is 0.802. The molecule has 0 aromatic heterocycles. The first-order valence-electron chi connectivity index (χ1n) is 9.09. The molecule has 4 heteroatoms. The summed E-state index contributed by atoms with van der Waals surface area (Å²) in [4.78, 5) is 29.4. The van der Waals surface area contributed by atoms with Crippen molar-refractivity contribution in [3.63, 3.8) is 0 Å². The molecular formula is C22H22N2O2. The van der Waals surface area contributed by atoms with Crippen molar-refractivity contribution in [3.05, 3.63) is 76.5 Å². The van der Waals surface area contributed by atoms with Crippen molar-refractivity contribution >= 4 is 17.4 Å². The van der Waals surface area contributed by atoms with Crippen LogP contribution in [0, 0.1) is 6.92 Å². The molecule has 2 amide bonds. The zero-order valence-electron chi connectivity index (χ0n) is 15.2. The van der Waals surface area contributed by atoms with E-state index in [-0.39, 0.29) is 11.8 Å². The number of likely N-dealkylation sites (N-methyl/N-ethyl adjacent to an activating group) is 1. The third kappa shape index (κ3) is 2.62. The Labute approximate surface area is 153 Å². The lowest BCUT2D eigenvalue weighted by atomic mass is 9.97. The van der Waals surface area contributed by atoms with Gasteiger partial charge in [-0.3, -0.25) is 14.5 Å². The van der Waals surface area contributed by atoms with Gasteiger partial charge in [-0.25, -0.2) is 0 Å². The fourth-order valence-corrected chi connectivity index (χ4v) is 3.81. The number of nitrogens with zero attached hydrogens (tertiary/aromatic N) is 2. The zero-order valence-corrected chi connectivity index (χ0v) is 15.2. The minimum atomic E-state index is -0.185. The standard InChI is InChI=1S/C22H22N2O2/c1-3-24-21(25)19(17-10-8-15(2)9-11-17)20(22(24)26)23-13-12-16-6-4-5-7-18(16)14-23/h4-11H,3,12-14H2,1-2H3. The third-order valence-corrected chi connectivity index (χ3v) is 5.25. The highest BCUT2D eigenvalue weighted by Gasteiger charge is 2.41. The van der Waals surface area contributed by atoms with Crippen molar-refractivity contribution in [2.24, 2.45) is 0 Å². The molecular weight excluding hydrogens is 324 g/mol. The highest BCUT2D eigenvalue weighted by atomic mass is 16.2. The number of fused-ring (bicyclic) bond motifs is 1. The zero-order chi connectivity index (χ0) is 18.3. The van der Waals surface area contributed by atoms with Gasteiger partial charge < -0.3 is 4.90 Å². The molecule has 0 spiro atoms. The molecule has 2 aliphatic heterocycles. The van der Waals surface area contributed by atoms with E-state index in [4.69, 9.17) is 0 Å². The molecule has 4 rings (SSSR count). The molecule has 0 unspecified atom stereocenters. The smallest absolute Gasteiger partial charge is 0.277 e. The van der Waals surface area contributed by atoms with Crippen LogP contribution in [-0.4, -0.2) is 34.7 Å². The van der Waals surface area contributed by atoms with Gasteiger partial charge >= 0.3 is 0 Å². The summed E-state index contributed by atoms with van der Waals surface area (Å²) in [6, 6.07) is 16.2. The number of imide groups is 1. The Morgan fingerprint density at radius 1 is 0.923 bits per heavy atom. The topological polar surface area (TPSA) is 40.6 Å². The van der Waals surface area contributed by atoms with Gasteiger partial charge in [0.2, 0.25) is 0 Å². The van der Waals surface area contributed by atoms with Crippen LogP contribution in [0.15, 0.2) is 54.2 Å². The van der Waals surface area contributed by atoms with E-state index in [9.17, 15) is 9.59 Å². The minimum absolute atomic E-state index is 0.174. The summed E-state index contributed by atoms with van der Waals surface area (Å²) in [5, 5.41) is 0. The van der Waals surface area contributed by atoms with Gasteiger partial charge in [-0.15, -0.1) is 0 Å². The number of rotatable bonds is 3. The van der Waals surface area contributed by atoms with Crippen molar-refractivity contribution < 1.29 is 9.59 Å². The van der Waals surface area contributed by atoms with Gasteiger partial charge in [-0.05, 0) is 37.0 Å². The molecule has 0 radical (unpaired) electrons. The number of amides is 2. The summed E-state index contributed by atoms with van der Waals surface area (Å²) < 4.78 is 0. The first-order chi connectivity index (χ1) is 12.6. The Kier molecular flexibility index (Phi) is 4.11. The Balaban J connectivity index is 1.80. The summed E-state index contributed by atoms with van der Waals surface area (Å²) in [6.07, 6.45) is 0.883. The summed E-state index contributed by atoms with van der Waals surface area (Å²) in [7, 11) is 0. The lowest BCUT2D eigenvalue weighted by Crippen LogP contribution is -2.37. The highest BCUT2D eigenvalue weighted by Crippen LogP contribution is 2.34. The number of carbonyl (C=O) groups is 2. The minimum Gasteiger partial charge on any atom is -0.362 e. The Morgan fingerprint density at radius 3 is 2.31 bits per heavy atom. The van der Waals surface area contributed by atoms with Crippen LogP contribution in [0.5, 0.6) is 0 Å². The van der Waals surface area contributed by atoms with E-state index in [0.29, 0.717) is 24.4 Å². The van der Waals surface area contributed by atoms with E-state index >= 15 is 0 Å². The molecule has 0 aliphatic carbocycles. The molecule has 0 saturated carbocycles.